The molecule has 7 heteroatoms. The van der Waals surface area contributed by atoms with Crippen LogP contribution in [0.5, 0.6) is 0 Å². The normalized spacial score (nSPS) is 23.8. The summed E-state index contributed by atoms with van der Waals surface area (Å²) in [6.07, 6.45) is 6.02. The van der Waals surface area contributed by atoms with E-state index in [1.54, 1.807) is 0 Å². The number of amides is 1. The van der Waals surface area contributed by atoms with Gasteiger partial charge in [-0.05, 0) is 45.4 Å². The Kier molecular flexibility index (Phi) is 6.07. The van der Waals surface area contributed by atoms with Gasteiger partial charge in [-0.3, -0.25) is 4.79 Å². The summed E-state index contributed by atoms with van der Waals surface area (Å²) in [6.45, 7) is 4.46. The first kappa shape index (κ1) is 17.9. The molecule has 1 aliphatic heterocycles. The summed E-state index contributed by atoms with van der Waals surface area (Å²) in [5.74, 6) is 1.75. The zero-order valence-electron chi connectivity index (χ0n) is 15.0. The third-order valence-corrected chi connectivity index (χ3v) is 4.97. The molecule has 1 saturated carbocycles. The summed E-state index contributed by atoms with van der Waals surface area (Å²) in [7, 11) is 0. The van der Waals surface area contributed by atoms with Crippen molar-refractivity contribution in [3.63, 3.8) is 0 Å². The molecular formula is C18H29N5O2. The molecule has 0 aromatic carbocycles. The van der Waals surface area contributed by atoms with Gasteiger partial charge in [-0.2, -0.15) is 4.98 Å². The van der Waals surface area contributed by atoms with Gasteiger partial charge in [0.1, 0.15) is 5.82 Å². The van der Waals surface area contributed by atoms with Gasteiger partial charge in [0, 0.05) is 43.9 Å². The summed E-state index contributed by atoms with van der Waals surface area (Å²) in [5.41, 5.74) is 0.922. The monoisotopic (exact) mass is 347 g/mol. The fourth-order valence-corrected chi connectivity index (χ4v) is 3.55. The first-order valence-corrected chi connectivity index (χ1v) is 9.42. The maximum atomic E-state index is 11.6. The second-order valence-corrected chi connectivity index (χ2v) is 7.13. The van der Waals surface area contributed by atoms with Crippen LogP contribution in [0.2, 0.25) is 0 Å². The van der Waals surface area contributed by atoms with Crippen molar-refractivity contribution in [2.45, 2.75) is 64.0 Å². The number of carbonyl (C=O) groups excluding carboxylic acids is 1. The Labute approximate surface area is 149 Å². The quantitative estimate of drug-likeness (QED) is 0.653. The smallest absolute Gasteiger partial charge is 0.225 e. The number of carbonyl (C=O) groups is 1. The lowest BCUT2D eigenvalue weighted by Crippen LogP contribution is -2.29. The Morgan fingerprint density at radius 1 is 1.28 bits per heavy atom. The van der Waals surface area contributed by atoms with Gasteiger partial charge in [-0.1, -0.05) is 0 Å². The number of anilines is 2. The summed E-state index contributed by atoms with van der Waals surface area (Å²) in [6, 6.07) is 2.27. The van der Waals surface area contributed by atoms with Crippen LogP contribution in [0.3, 0.4) is 0 Å². The Hall–Kier alpha value is -1.89. The minimum absolute atomic E-state index is 0.156. The summed E-state index contributed by atoms with van der Waals surface area (Å²) in [4.78, 5) is 22.6. The molecule has 1 saturated heterocycles. The second-order valence-electron chi connectivity index (χ2n) is 7.13. The molecule has 138 valence electrons. The molecule has 2 fully saturated rings. The number of aliphatic hydroxyl groups is 1. The Bertz CT molecular complexity index is 587. The maximum absolute atomic E-state index is 11.6. The van der Waals surface area contributed by atoms with Crippen LogP contribution in [0.4, 0.5) is 11.8 Å². The molecule has 0 spiro atoms. The molecule has 3 N–H and O–H groups in total. The number of aryl methyl sites for hydroxylation is 1. The molecule has 0 bridgehead atoms. The molecule has 1 aromatic heterocycles. The fourth-order valence-electron chi connectivity index (χ4n) is 3.55. The summed E-state index contributed by atoms with van der Waals surface area (Å²) < 4.78 is 0. The summed E-state index contributed by atoms with van der Waals surface area (Å²) in [5, 5.41) is 16.3. The number of hydrogen-bond acceptors (Lipinski definition) is 6. The van der Waals surface area contributed by atoms with E-state index in [0.29, 0.717) is 18.4 Å². The average molecular weight is 347 g/mol. The van der Waals surface area contributed by atoms with Gasteiger partial charge in [0.05, 0.1) is 6.10 Å². The van der Waals surface area contributed by atoms with Crippen LogP contribution in [0.1, 0.15) is 50.6 Å². The van der Waals surface area contributed by atoms with Crippen molar-refractivity contribution in [1.29, 1.82) is 0 Å². The lowest BCUT2D eigenvalue weighted by atomic mass is 9.93. The zero-order valence-corrected chi connectivity index (χ0v) is 15.0. The Balaban J connectivity index is 1.46. The van der Waals surface area contributed by atoms with Crippen molar-refractivity contribution in [3.8, 4) is 0 Å². The van der Waals surface area contributed by atoms with E-state index in [4.69, 9.17) is 0 Å². The first-order chi connectivity index (χ1) is 12.1. The minimum Gasteiger partial charge on any atom is -0.393 e. The molecule has 1 amide bonds. The second kappa shape index (κ2) is 8.47. The van der Waals surface area contributed by atoms with E-state index in [9.17, 15) is 9.90 Å². The van der Waals surface area contributed by atoms with Crippen molar-refractivity contribution < 1.29 is 9.90 Å². The molecule has 25 heavy (non-hydrogen) atoms. The molecule has 0 atom stereocenters. The number of aliphatic hydroxyl groups excluding tert-OH is 1. The molecule has 7 nitrogen and oxygen atoms in total. The molecule has 3 rings (SSSR count). The highest BCUT2D eigenvalue weighted by atomic mass is 16.3. The van der Waals surface area contributed by atoms with E-state index in [1.807, 2.05) is 17.9 Å². The van der Waals surface area contributed by atoms with Gasteiger partial charge in [0.25, 0.3) is 0 Å². The van der Waals surface area contributed by atoms with Crippen molar-refractivity contribution in [2.24, 2.45) is 0 Å². The Morgan fingerprint density at radius 3 is 2.80 bits per heavy atom. The van der Waals surface area contributed by atoms with E-state index in [2.05, 4.69) is 20.6 Å². The molecule has 1 aliphatic carbocycles. The van der Waals surface area contributed by atoms with Crippen molar-refractivity contribution in [1.82, 2.24) is 14.9 Å². The summed E-state index contributed by atoms with van der Waals surface area (Å²) >= 11 is 0. The lowest BCUT2D eigenvalue weighted by Gasteiger charge is -2.26. The molecule has 2 heterocycles. The van der Waals surface area contributed by atoms with Crippen LogP contribution in [-0.4, -0.2) is 57.7 Å². The van der Waals surface area contributed by atoms with Gasteiger partial charge >= 0.3 is 0 Å². The zero-order chi connectivity index (χ0) is 17.6. The largest absolute Gasteiger partial charge is 0.393 e. The number of rotatable bonds is 7. The van der Waals surface area contributed by atoms with E-state index in [1.165, 1.54) is 0 Å². The number of nitrogens with zero attached hydrogens (tertiary/aromatic N) is 3. The fraction of sp³-hybridized carbons (Fsp3) is 0.722. The van der Waals surface area contributed by atoms with E-state index in [-0.39, 0.29) is 12.0 Å². The van der Waals surface area contributed by atoms with Crippen LogP contribution in [0, 0.1) is 6.92 Å². The van der Waals surface area contributed by atoms with Crippen LogP contribution in [0.15, 0.2) is 6.07 Å². The average Bonchev–Trinajstić information content (AvgIpc) is 2.98. The van der Waals surface area contributed by atoms with Gasteiger partial charge < -0.3 is 20.6 Å². The molecule has 0 radical (unpaired) electrons. The predicted octanol–water partition coefficient (Wildman–Crippen LogP) is 1.92. The van der Waals surface area contributed by atoms with E-state index in [0.717, 1.165) is 69.7 Å². The highest BCUT2D eigenvalue weighted by Crippen LogP contribution is 2.21. The number of aromatic nitrogens is 2. The Morgan fingerprint density at radius 2 is 2.08 bits per heavy atom. The lowest BCUT2D eigenvalue weighted by molar-refractivity contribution is -0.127. The molecule has 1 aromatic rings. The number of likely N-dealkylation sites (tertiary alicyclic amines) is 1. The minimum atomic E-state index is -0.156. The molecular weight excluding hydrogens is 318 g/mol. The molecule has 0 unspecified atom stereocenters. The van der Waals surface area contributed by atoms with Gasteiger partial charge in [-0.15, -0.1) is 0 Å². The predicted molar refractivity (Wildman–Crippen MR) is 97.6 cm³/mol. The van der Waals surface area contributed by atoms with Gasteiger partial charge in [-0.25, -0.2) is 4.98 Å². The standard InChI is InChI=1S/C18H29N5O2/c1-13-12-16(19-9-3-11-23-10-2-4-17(23)25)22-18(20-13)21-14-5-7-15(24)8-6-14/h12,14-15,24H,2-11H2,1H3,(H2,19,20,21,22). The van der Waals surface area contributed by atoms with E-state index < -0.39 is 0 Å². The van der Waals surface area contributed by atoms with Crippen LogP contribution < -0.4 is 10.6 Å². The highest BCUT2D eigenvalue weighted by Gasteiger charge is 2.20. The van der Waals surface area contributed by atoms with E-state index >= 15 is 0 Å². The van der Waals surface area contributed by atoms with Crippen LogP contribution >= 0.6 is 0 Å². The van der Waals surface area contributed by atoms with Crippen LogP contribution in [0.25, 0.3) is 0 Å². The highest BCUT2D eigenvalue weighted by molar-refractivity contribution is 5.78. The van der Waals surface area contributed by atoms with Crippen molar-refractivity contribution in [2.75, 3.05) is 30.3 Å². The third kappa shape index (κ3) is 5.29. The van der Waals surface area contributed by atoms with Crippen molar-refractivity contribution in [3.05, 3.63) is 11.8 Å². The SMILES string of the molecule is Cc1cc(NCCCN2CCCC2=O)nc(NC2CCC(O)CC2)n1. The topological polar surface area (TPSA) is 90.4 Å². The van der Waals surface area contributed by atoms with Crippen molar-refractivity contribution >= 4 is 17.7 Å². The van der Waals surface area contributed by atoms with Gasteiger partial charge in [0.2, 0.25) is 11.9 Å². The van der Waals surface area contributed by atoms with Crippen LogP contribution in [-0.2, 0) is 4.79 Å². The maximum Gasteiger partial charge on any atom is 0.225 e. The third-order valence-electron chi connectivity index (χ3n) is 4.97. The number of nitrogens with one attached hydrogen (secondary N) is 2. The number of hydrogen-bond donors (Lipinski definition) is 3. The first-order valence-electron chi connectivity index (χ1n) is 9.42. The van der Waals surface area contributed by atoms with Gasteiger partial charge in [0.15, 0.2) is 0 Å². The molecule has 2 aliphatic rings.